The molecule has 0 radical (unpaired) electrons. The van der Waals surface area contributed by atoms with E-state index in [-0.39, 0.29) is 5.69 Å². The predicted octanol–water partition coefficient (Wildman–Crippen LogP) is 4.82. The van der Waals surface area contributed by atoms with Gasteiger partial charge in [0.15, 0.2) is 11.5 Å². The van der Waals surface area contributed by atoms with Gasteiger partial charge in [-0.3, -0.25) is 10.1 Å². The van der Waals surface area contributed by atoms with Crippen molar-refractivity contribution in [2.45, 2.75) is 6.92 Å². The molecule has 0 saturated carbocycles. The summed E-state index contributed by atoms with van der Waals surface area (Å²) in [5.74, 6) is 1.26. The van der Waals surface area contributed by atoms with Crippen molar-refractivity contribution in [1.29, 1.82) is 0 Å². The molecule has 27 heavy (non-hydrogen) atoms. The zero-order valence-corrected chi connectivity index (χ0v) is 15.6. The van der Waals surface area contributed by atoms with Crippen molar-refractivity contribution in [2.75, 3.05) is 24.9 Å². The van der Waals surface area contributed by atoms with Gasteiger partial charge in [-0.1, -0.05) is 18.2 Å². The van der Waals surface area contributed by atoms with E-state index in [1.54, 1.807) is 12.1 Å². The van der Waals surface area contributed by atoms with E-state index in [0.717, 1.165) is 11.3 Å². The molecule has 0 saturated heterocycles. The SMILES string of the molecule is COc1cc2c(Nc3ccccc3C)c([N+](=O)[O-])cnc2cc1OCCCl. The van der Waals surface area contributed by atoms with E-state index in [1.807, 2.05) is 31.2 Å². The van der Waals surface area contributed by atoms with Gasteiger partial charge in [0.05, 0.1) is 23.4 Å². The zero-order valence-electron chi connectivity index (χ0n) is 14.9. The van der Waals surface area contributed by atoms with Crippen LogP contribution in [0.5, 0.6) is 11.5 Å². The lowest BCUT2D eigenvalue weighted by atomic mass is 10.1. The highest BCUT2D eigenvalue weighted by atomic mass is 35.5. The number of rotatable bonds is 7. The van der Waals surface area contributed by atoms with E-state index in [9.17, 15) is 10.1 Å². The number of nitrogens with one attached hydrogen (secondary N) is 1. The molecule has 1 N–H and O–H groups in total. The number of fused-ring (bicyclic) bond motifs is 1. The van der Waals surface area contributed by atoms with Gasteiger partial charge in [0, 0.05) is 17.1 Å². The number of aryl methyl sites for hydroxylation is 1. The fraction of sp³-hybridized carbons (Fsp3) is 0.211. The number of hydrogen-bond donors (Lipinski definition) is 1. The van der Waals surface area contributed by atoms with Gasteiger partial charge >= 0.3 is 5.69 Å². The second kappa shape index (κ2) is 8.09. The van der Waals surface area contributed by atoms with Gasteiger partial charge in [-0.25, -0.2) is 4.98 Å². The Bertz CT molecular complexity index is 994. The molecule has 0 aliphatic rings. The Balaban J connectivity index is 2.20. The van der Waals surface area contributed by atoms with E-state index in [1.165, 1.54) is 13.3 Å². The number of para-hydroxylation sites is 1. The van der Waals surface area contributed by atoms with E-state index in [2.05, 4.69) is 10.3 Å². The molecule has 2 aromatic carbocycles. The minimum atomic E-state index is -0.461. The Kier molecular flexibility index (Phi) is 5.61. The third kappa shape index (κ3) is 3.88. The third-order valence-corrected chi connectivity index (χ3v) is 4.22. The molecule has 0 spiro atoms. The predicted molar refractivity (Wildman–Crippen MR) is 106 cm³/mol. The fourth-order valence-corrected chi connectivity index (χ4v) is 2.81. The zero-order chi connectivity index (χ0) is 19.4. The monoisotopic (exact) mass is 387 g/mol. The number of hydrogen-bond acceptors (Lipinski definition) is 6. The topological polar surface area (TPSA) is 86.5 Å². The first kappa shape index (κ1) is 18.7. The number of ether oxygens (including phenoxy) is 2. The Morgan fingerprint density at radius 1 is 1.26 bits per heavy atom. The number of nitro groups is 1. The summed E-state index contributed by atoms with van der Waals surface area (Å²) in [6.07, 6.45) is 1.24. The van der Waals surface area contributed by atoms with Crippen molar-refractivity contribution in [3.05, 3.63) is 58.3 Å². The second-order valence-corrected chi connectivity index (χ2v) is 6.15. The number of halogens is 1. The van der Waals surface area contributed by atoms with Crippen molar-refractivity contribution < 1.29 is 14.4 Å². The summed E-state index contributed by atoms with van der Waals surface area (Å²) < 4.78 is 11.0. The van der Waals surface area contributed by atoms with Crippen LogP contribution in [0, 0.1) is 17.0 Å². The lowest BCUT2D eigenvalue weighted by molar-refractivity contribution is -0.384. The number of methoxy groups -OCH3 is 1. The molecular weight excluding hydrogens is 370 g/mol. The average molecular weight is 388 g/mol. The smallest absolute Gasteiger partial charge is 0.311 e. The van der Waals surface area contributed by atoms with Crippen LogP contribution in [-0.2, 0) is 0 Å². The van der Waals surface area contributed by atoms with Crippen LogP contribution in [0.25, 0.3) is 10.9 Å². The maximum absolute atomic E-state index is 11.6. The summed E-state index contributed by atoms with van der Waals surface area (Å²) in [7, 11) is 1.51. The molecule has 8 heteroatoms. The number of benzene rings is 2. The van der Waals surface area contributed by atoms with Crippen LogP contribution in [0.1, 0.15) is 5.56 Å². The van der Waals surface area contributed by atoms with Crippen LogP contribution in [0.4, 0.5) is 17.1 Å². The van der Waals surface area contributed by atoms with Gasteiger partial charge in [-0.15, -0.1) is 11.6 Å². The van der Waals surface area contributed by atoms with E-state index >= 15 is 0 Å². The highest BCUT2D eigenvalue weighted by Crippen LogP contribution is 2.40. The Labute approximate surface area is 161 Å². The van der Waals surface area contributed by atoms with Crippen molar-refractivity contribution in [1.82, 2.24) is 4.98 Å². The molecule has 0 aliphatic carbocycles. The summed E-state index contributed by atoms with van der Waals surface area (Å²) in [6, 6.07) is 10.9. The minimum absolute atomic E-state index is 0.123. The van der Waals surface area contributed by atoms with Crippen molar-refractivity contribution in [3.8, 4) is 11.5 Å². The lowest BCUT2D eigenvalue weighted by Gasteiger charge is -2.15. The van der Waals surface area contributed by atoms with Gasteiger partial charge < -0.3 is 14.8 Å². The van der Waals surface area contributed by atoms with Crippen LogP contribution in [0.3, 0.4) is 0 Å². The van der Waals surface area contributed by atoms with Crippen molar-refractivity contribution in [2.24, 2.45) is 0 Å². The maximum atomic E-state index is 11.6. The molecular formula is C19H18ClN3O4. The molecule has 0 unspecified atom stereocenters. The summed E-state index contributed by atoms with van der Waals surface area (Å²) in [5, 5.41) is 15.3. The van der Waals surface area contributed by atoms with E-state index in [4.69, 9.17) is 21.1 Å². The van der Waals surface area contributed by atoms with E-state index in [0.29, 0.717) is 40.6 Å². The van der Waals surface area contributed by atoms with Crippen LogP contribution < -0.4 is 14.8 Å². The first-order valence-electron chi connectivity index (χ1n) is 8.21. The van der Waals surface area contributed by atoms with Crippen molar-refractivity contribution in [3.63, 3.8) is 0 Å². The quantitative estimate of drug-likeness (QED) is 0.355. The molecule has 1 aromatic heterocycles. The number of aromatic nitrogens is 1. The normalized spacial score (nSPS) is 10.6. The Morgan fingerprint density at radius 2 is 2.04 bits per heavy atom. The number of anilines is 2. The lowest BCUT2D eigenvalue weighted by Crippen LogP contribution is -2.03. The number of nitrogens with zero attached hydrogens (tertiary/aromatic N) is 2. The molecule has 0 atom stereocenters. The summed E-state index contributed by atoms with van der Waals surface area (Å²) >= 11 is 5.68. The molecule has 140 valence electrons. The molecule has 0 fully saturated rings. The third-order valence-electron chi connectivity index (χ3n) is 4.07. The molecule has 7 nitrogen and oxygen atoms in total. The Hall–Kier alpha value is -3.06. The summed E-state index contributed by atoms with van der Waals surface area (Å²) in [4.78, 5) is 15.3. The van der Waals surface area contributed by atoms with Crippen LogP contribution >= 0.6 is 11.6 Å². The largest absolute Gasteiger partial charge is 0.493 e. The van der Waals surface area contributed by atoms with Gasteiger partial charge in [-0.05, 0) is 24.6 Å². The van der Waals surface area contributed by atoms with Crippen molar-refractivity contribution >= 4 is 39.6 Å². The summed E-state index contributed by atoms with van der Waals surface area (Å²) in [5.41, 5.74) is 2.51. The second-order valence-electron chi connectivity index (χ2n) is 5.77. The minimum Gasteiger partial charge on any atom is -0.493 e. The maximum Gasteiger partial charge on any atom is 0.311 e. The standard InChI is InChI=1S/C19H18ClN3O4/c1-12-5-3-4-6-14(12)22-19-13-9-17(26-2)18(27-8-7-20)10-15(13)21-11-16(19)23(24)25/h3-6,9-11H,7-8H2,1-2H3,(H,21,22). The molecule has 1 heterocycles. The highest BCUT2D eigenvalue weighted by molar-refractivity contribution is 6.18. The molecule has 0 aliphatic heterocycles. The number of alkyl halides is 1. The average Bonchev–Trinajstić information content (AvgIpc) is 2.67. The highest BCUT2D eigenvalue weighted by Gasteiger charge is 2.21. The van der Waals surface area contributed by atoms with Crippen LogP contribution in [0.15, 0.2) is 42.6 Å². The van der Waals surface area contributed by atoms with Gasteiger partial charge in [0.2, 0.25) is 0 Å². The first-order valence-corrected chi connectivity index (χ1v) is 8.75. The molecule has 3 aromatic rings. The fourth-order valence-electron chi connectivity index (χ4n) is 2.73. The molecule has 0 amide bonds. The van der Waals surface area contributed by atoms with Crippen LogP contribution in [0.2, 0.25) is 0 Å². The Morgan fingerprint density at radius 3 is 2.70 bits per heavy atom. The summed E-state index contributed by atoms with van der Waals surface area (Å²) in [6.45, 7) is 2.24. The molecule has 0 bridgehead atoms. The van der Waals surface area contributed by atoms with Crippen LogP contribution in [-0.4, -0.2) is 29.5 Å². The molecule has 3 rings (SSSR count). The van der Waals surface area contributed by atoms with E-state index < -0.39 is 4.92 Å². The number of pyridine rings is 1. The van der Waals surface area contributed by atoms with Gasteiger partial charge in [0.25, 0.3) is 0 Å². The van der Waals surface area contributed by atoms with Gasteiger partial charge in [0.1, 0.15) is 18.5 Å². The van der Waals surface area contributed by atoms with Gasteiger partial charge in [-0.2, -0.15) is 0 Å². The first-order chi connectivity index (χ1) is 13.0.